The quantitative estimate of drug-likeness (QED) is 0.722. The maximum absolute atomic E-state index is 2.32. The van der Waals surface area contributed by atoms with Gasteiger partial charge in [-0.1, -0.05) is 43.2 Å². The Morgan fingerprint density at radius 2 is 1.53 bits per heavy atom. The smallest absolute Gasteiger partial charge is 0.0878 e. The van der Waals surface area contributed by atoms with E-state index < -0.39 is 0 Å². The summed E-state index contributed by atoms with van der Waals surface area (Å²) < 4.78 is 1.06. The van der Waals surface area contributed by atoms with E-state index in [0.717, 1.165) is 4.48 Å². The van der Waals surface area contributed by atoms with Gasteiger partial charge in [-0.3, -0.25) is 0 Å². The van der Waals surface area contributed by atoms with Crippen LogP contribution >= 0.6 is 0 Å². The highest BCUT2D eigenvalue weighted by atomic mass is 16.0. The van der Waals surface area contributed by atoms with Crippen molar-refractivity contribution in [1.82, 2.24) is 0 Å². The topological polar surface area (TPSA) is 31.5 Å². The molecule has 0 saturated heterocycles. The largest absolute Gasteiger partial charge is 0.412 e. The molecule has 0 unspecified atom stereocenters. The van der Waals surface area contributed by atoms with Gasteiger partial charge in [-0.25, -0.2) is 0 Å². The van der Waals surface area contributed by atoms with Crippen molar-refractivity contribution in [2.45, 2.75) is 31.1 Å². The van der Waals surface area contributed by atoms with E-state index in [-0.39, 0.29) is 5.48 Å². The van der Waals surface area contributed by atoms with Crippen molar-refractivity contribution >= 4 is 0 Å². The highest BCUT2D eigenvalue weighted by Crippen LogP contribution is 2.42. The highest BCUT2D eigenvalue weighted by Gasteiger charge is 2.39. The molecule has 2 heteroatoms. The SMILES string of the molecule is C[N+](C)(C)CC1(c2ccccc2)CCCC1.O. The normalized spacial score (nSPS) is 18.8. The molecule has 96 valence electrons. The van der Waals surface area contributed by atoms with Crippen LogP contribution in [-0.2, 0) is 5.41 Å². The first kappa shape index (κ1) is 14.2. The summed E-state index contributed by atoms with van der Waals surface area (Å²) in [5, 5.41) is 0. The van der Waals surface area contributed by atoms with E-state index in [1.54, 1.807) is 5.56 Å². The standard InChI is InChI=1S/C15H24N.H2O/c1-16(2,3)13-15(11-7-8-12-15)14-9-5-4-6-10-14;/h4-6,9-10H,7-8,11-13H2,1-3H3;1H2/q+1;. The minimum absolute atomic E-state index is 0. The number of hydrogen-bond acceptors (Lipinski definition) is 0. The van der Waals surface area contributed by atoms with Crippen molar-refractivity contribution in [2.24, 2.45) is 0 Å². The molecule has 0 bridgehead atoms. The fraction of sp³-hybridized carbons (Fsp3) is 0.600. The number of quaternary nitrogens is 1. The number of rotatable bonds is 3. The summed E-state index contributed by atoms with van der Waals surface area (Å²) in [6, 6.07) is 11.1. The molecule has 17 heavy (non-hydrogen) atoms. The molecule has 1 aromatic carbocycles. The minimum Gasteiger partial charge on any atom is -0.412 e. The molecule has 1 aromatic rings. The third kappa shape index (κ3) is 3.30. The fourth-order valence-electron chi connectivity index (χ4n) is 3.29. The Balaban J connectivity index is 0.00000144. The Kier molecular flexibility index (Phi) is 4.34. The van der Waals surface area contributed by atoms with Gasteiger partial charge in [0, 0.05) is 5.41 Å². The molecule has 0 atom stereocenters. The minimum atomic E-state index is 0. The molecule has 1 aliphatic carbocycles. The molecular formula is C15H26NO+. The van der Waals surface area contributed by atoms with Crippen molar-refractivity contribution in [3.8, 4) is 0 Å². The number of nitrogens with zero attached hydrogens (tertiary/aromatic N) is 1. The lowest BCUT2D eigenvalue weighted by Crippen LogP contribution is -2.46. The van der Waals surface area contributed by atoms with Gasteiger partial charge in [-0.05, 0) is 18.4 Å². The lowest BCUT2D eigenvalue weighted by molar-refractivity contribution is -0.874. The molecule has 1 aliphatic rings. The van der Waals surface area contributed by atoms with Crippen molar-refractivity contribution in [3.63, 3.8) is 0 Å². The zero-order valence-corrected chi connectivity index (χ0v) is 11.4. The van der Waals surface area contributed by atoms with Crippen molar-refractivity contribution < 1.29 is 9.96 Å². The molecule has 1 saturated carbocycles. The summed E-state index contributed by atoms with van der Waals surface area (Å²) in [4.78, 5) is 0. The van der Waals surface area contributed by atoms with Gasteiger partial charge in [-0.2, -0.15) is 0 Å². The van der Waals surface area contributed by atoms with Crippen LogP contribution in [-0.4, -0.2) is 37.6 Å². The van der Waals surface area contributed by atoms with Crippen LogP contribution in [0.4, 0.5) is 0 Å². The van der Waals surface area contributed by atoms with Gasteiger partial charge < -0.3 is 9.96 Å². The van der Waals surface area contributed by atoms with Gasteiger partial charge in [0.2, 0.25) is 0 Å². The Bertz CT molecular complexity index is 334. The second-order valence-corrected chi connectivity index (χ2v) is 6.30. The van der Waals surface area contributed by atoms with Crippen LogP contribution < -0.4 is 0 Å². The summed E-state index contributed by atoms with van der Waals surface area (Å²) >= 11 is 0. The Morgan fingerprint density at radius 3 is 2.00 bits per heavy atom. The van der Waals surface area contributed by atoms with Crippen LogP contribution in [0.15, 0.2) is 30.3 Å². The highest BCUT2D eigenvalue weighted by molar-refractivity contribution is 5.26. The van der Waals surface area contributed by atoms with Gasteiger partial charge >= 0.3 is 0 Å². The lowest BCUT2D eigenvalue weighted by atomic mass is 9.78. The molecular weight excluding hydrogens is 210 g/mol. The molecule has 0 aliphatic heterocycles. The molecule has 0 radical (unpaired) electrons. The first-order chi connectivity index (χ1) is 7.52. The van der Waals surface area contributed by atoms with Gasteiger partial charge in [0.15, 0.2) is 0 Å². The molecule has 0 aromatic heterocycles. The summed E-state index contributed by atoms with van der Waals surface area (Å²) in [7, 11) is 6.93. The van der Waals surface area contributed by atoms with Crippen LogP contribution in [0.1, 0.15) is 31.2 Å². The van der Waals surface area contributed by atoms with Gasteiger partial charge in [0.1, 0.15) is 0 Å². The second kappa shape index (κ2) is 5.19. The second-order valence-electron chi connectivity index (χ2n) is 6.30. The molecule has 0 heterocycles. The van der Waals surface area contributed by atoms with E-state index in [0.29, 0.717) is 5.41 Å². The van der Waals surface area contributed by atoms with E-state index in [4.69, 9.17) is 0 Å². The monoisotopic (exact) mass is 236 g/mol. The lowest BCUT2D eigenvalue weighted by Gasteiger charge is -2.37. The molecule has 2 nitrogen and oxygen atoms in total. The summed E-state index contributed by atoms with van der Waals surface area (Å²) in [6.07, 6.45) is 5.53. The first-order valence-electron chi connectivity index (χ1n) is 6.38. The zero-order chi connectivity index (χ0) is 11.6. The third-order valence-corrected chi connectivity index (χ3v) is 3.72. The van der Waals surface area contributed by atoms with E-state index in [2.05, 4.69) is 51.5 Å². The van der Waals surface area contributed by atoms with Crippen LogP contribution in [0.25, 0.3) is 0 Å². The maximum Gasteiger partial charge on any atom is 0.0878 e. The average Bonchev–Trinajstić information content (AvgIpc) is 2.66. The maximum atomic E-state index is 2.32. The summed E-state index contributed by atoms with van der Waals surface area (Å²) in [5.41, 5.74) is 2.00. The molecule has 2 N–H and O–H groups in total. The average molecular weight is 236 g/mol. The van der Waals surface area contributed by atoms with E-state index >= 15 is 0 Å². The summed E-state index contributed by atoms with van der Waals surface area (Å²) in [5.74, 6) is 0. The van der Waals surface area contributed by atoms with Gasteiger partial charge in [-0.15, -0.1) is 0 Å². The molecule has 0 spiro atoms. The van der Waals surface area contributed by atoms with Crippen molar-refractivity contribution in [2.75, 3.05) is 27.7 Å². The van der Waals surface area contributed by atoms with Gasteiger partial charge in [0.05, 0.1) is 27.7 Å². The first-order valence-corrected chi connectivity index (χ1v) is 6.38. The number of benzene rings is 1. The number of likely N-dealkylation sites (N-methyl/N-ethyl adjacent to an activating group) is 1. The van der Waals surface area contributed by atoms with E-state index in [1.165, 1.54) is 32.2 Å². The van der Waals surface area contributed by atoms with Crippen molar-refractivity contribution in [1.29, 1.82) is 0 Å². The number of hydrogen-bond donors (Lipinski definition) is 0. The third-order valence-electron chi connectivity index (χ3n) is 3.72. The van der Waals surface area contributed by atoms with E-state index in [1.807, 2.05) is 0 Å². The zero-order valence-electron chi connectivity index (χ0n) is 11.4. The van der Waals surface area contributed by atoms with Crippen LogP contribution in [0, 0.1) is 0 Å². The van der Waals surface area contributed by atoms with Crippen molar-refractivity contribution in [3.05, 3.63) is 35.9 Å². The predicted molar refractivity (Wildman–Crippen MR) is 73.1 cm³/mol. The van der Waals surface area contributed by atoms with Gasteiger partial charge in [0.25, 0.3) is 0 Å². The molecule has 0 amide bonds. The molecule has 1 fully saturated rings. The summed E-state index contributed by atoms with van der Waals surface area (Å²) in [6.45, 7) is 1.26. The Hall–Kier alpha value is -0.860. The fourth-order valence-corrected chi connectivity index (χ4v) is 3.29. The Morgan fingerprint density at radius 1 is 1.00 bits per heavy atom. The predicted octanol–water partition coefficient (Wildman–Crippen LogP) is 2.38. The Labute approximate surface area is 105 Å². The van der Waals surface area contributed by atoms with E-state index in [9.17, 15) is 0 Å². The van der Waals surface area contributed by atoms with Crippen LogP contribution in [0.2, 0.25) is 0 Å². The molecule has 2 rings (SSSR count). The van der Waals surface area contributed by atoms with Crippen LogP contribution in [0.3, 0.4) is 0 Å². The van der Waals surface area contributed by atoms with Crippen LogP contribution in [0.5, 0.6) is 0 Å².